The maximum absolute atomic E-state index is 14.2. The second kappa shape index (κ2) is 9.31. The third kappa shape index (κ3) is 4.98. The number of carbonyl (C=O) groups is 2. The van der Waals surface area contributed by atoms with Crippen LogP contribution in [0, 0.1) is 0 Å². The lowest BCUT2D eigenvalue weighted by molar-refractivity contribution is -0.204. The third-order valence-electron chi connectivity index (χ3n) is 3.85. The molecule has 0 heterocycles. The molecule has 0 aliphatic carbocycles. The number of esters is 1. The van der Waals surface area contributed by atoms with Crippen LogP contribution in [-0.2, 0) is 9.53 Å². The molecule has 6 nitrogen and oxygen atoms in total. The Morgan fingerprint density at radius 2 is 1.55 bits per heavy atom. The van der Waals surface area contributed by atoms with E-state index in [1.54, 1.807) is 24.4 Å². The summed E-state index contributed by atoms with van der Waals surface area (Å²) in [5, 5.41) is 3.89. The summed E-state index contributed by atoms with van der Waals surface area (Å²) in [7, 11) is 0. The average molecular weight is 410 g/mol. The van der Waals surface area contributed by atoms with Gasteiger partial charge in [0.15, 0.2) is 0 Å². The number of carbonyl (C=O) groups excluding carboxylic acids is 2. The van der Waals surface area contributed by atoms with Crippen molar-refractivity contribution in [3.63, 3.8) is 0 Å². The SMILES string of the molecule is CCOC(=O)[C@@](NC(=O)c1ccccc1OCC)(Nc1ccccc1)C(F)(F)F. The smallest absolute Gasteiger partial charge is 0.441 e. The van der Waals surface area contributed by atoms with Crippen molar-refractivity contribution in [2.75, 3.05) is 18.5 Å². The molecule has 0 aromatic heterocycles. The second-order valence-electron chi connectivity index (χ2n) is 5.84. The van der Waals surface area contributed by atoms with Gasteiger partial charge in [0.2, 0.25) is 0 Å². The molecule has 0 bridgehead atoms. The number of ether oxygens (including phenoxy) is 2. The van der Waals surface area contributed by atoms with E-state index < -0.39 is 23.7 Å². The van der Waals surface area contributed by atoms with Gasteiger partial charge in [-0.05, 0) is 38.1 Å². The predicted molar refractivity (Wildman–Crippen MR) is 101 cm³/mol. The van der Waals surface area contributed by atoms with Gasteiger partial charge in [0.25, 0.3) is 5.91 Å². The number of alkyl halides is 3. The van der Waals surface area contributed by atoms with Gasteiger partial charge in [-0.15, -0.1) is 0 Å². The van der Waals surface area contributed by atoms with Crippen LogP contribution in [0.25, 0.3) is 0 Å². The fourth-order valence-corrected chi connectivity index (χ4v) is 2.54. The van der Waals surface area contributed by atoms with E-state index in [1.165, 1.54) is 49.4 Å². The number of rotatable bonds is 8. The zero-order valence-electron chi connectivity index (χ0n) is 15.9. The molecule has 0 saturated carbocycles. The maximum Gasteiger partial charge on any atom is 0.441 e. The molecule has 9 heteroatoms. The number of halogens is 3. The van der Waals surface area contributed by atoms with Crippen molar-refractivity contribution in [2.24, 2.45) is 0 Å². The predicted octanol–water partition coefficient (Wildman–Crippen LogP) is 3.75. The molecule has 2 rings (SSSR count). The molecule has 1 atom stereocenters. The first-order valence-corrected chi connectivity index (χ1v) is 8.86. The molecule has 0 fully saturated rings. The van der Waals surface area contributed by atoms with Crippen LogP contribution < -0.4 is 15.4 Å². The van der Waals surface area contributed by atoms with E-state index in [0.717, 1.165) is 0 Å². The van der Waals surface area contributed by atoms with E-state index in [1.807, 2.05) is 0 Å². The van der Waals surface area contributed by atoms with Gasteiger partial charge in [-0.25, -0.2) is 4.79 Å². The van der Waals surface area contributed by atoms with E-state index in [9.17, 15) is 22.8 Å². The normalized spacial score (nSPS) is 13.1. The summed E-state index contributed by atoms with van der Waals surface area (Å²) in [5.74, 6) is -2.74. The lowest BCUT2D eigenvalue weighted by atomic mass is 10.1. The number of hydrogen-bond acceptors (Lipinski definition) is 5. The number of para-hydroxylation sites is 2. The number of benzene rings is 2. The van der Waals surface area contributed by atoms with E-state index in [4.69, 9.17) is 4.74 Å². The molecule has 0 aliphatic rings. The van der Waals surface area contributed by atoms with Crippen LogP contribution in [0.3, 0.4) is 0 Å². The topological polar surface area (TPSA) is 76.7 Å². The molecule has 0 spiro atoms. The summed E-state index contributed by atoms with van der Waals surface area (Å²) in [4.78, 5) is 25.2. The standard InChI is InChI=1S/C20H21F3N2O4/c1-3-28-16-13-9-8-12-15(16)17(26)25-19(20(21,22)23,18(27)29-4-2)24-14-10-6-5-7-11-14/h5-13,24H,3-4H2,1-2H3,(H,25,26)/t19-/m0/s1. The Bertz CT molecular complexity index is 843. The molecule has 2 aromatic rings. The van der Waals surface area contributed by atoms with Crippen LogP contribution >= 0.6 is 0 Å². The van der Waals surface area contributed by atoms with Gasteiger partial charge in [-0.2, -0.15) is 13.2 Å². The Kier molecular flexibility index (Phi) is 7.08. The molecule has 29 heavy (non-hydrogen) atoms. The van der Waals surface area contributed by atoms with Crippen molar-refractivity contribution in [3.8, 4) is 5.75 Å². The number of amides is 1. The monoisotopic (exact) mass is 410 g/mol. The second-order valence-corrected chi connectivity index (χ2v) is 5.84. The highest BCUT2D eigenvalue weighted by molar-refractivity contribution is 6.01. The summed E-state index contributed by atoms with van der Waals surface area (Å²) in [5.41, 5.74) is -3.68. The first-order chi connectivity index (χ1) is 13.7. The van der Waals surface area contributed by atoms with Gasteiger partial charge >= 0.3 is 17.8 Å². The van der Waals surface area contributed by atoms with Crippen molar-refractivity contribution in [2.45, 2.75) is 25.7 Å². The first-order valence-electron chi connectivity index (χ1n) is 8.86. The minimum absolute atomic E-state index is 0.0312. The summed E-state index contributed by atoms with van der Waals surface area (Å²) < 4.78 is 52.4. The van der Waals surface area contributed by atoms with E-state index >= 15 is 0 Å². The summed E-state index contributed by atoms with van der Waals surface area (Å²) in [6, 6.07) is 13.0. The van der Waals surface area contributed by atoms with E-state index in [2.05, 4.69) is 10.1 Å². The zero-order chi connectivity index (χ0) is 21.5. The van der Waals surface area contributed by atoms with Crippen LogP contribution in [0.2, 0.25) is 0 Å². The number of nitrogens with one attached hydrogen (secondary N) is 2. The van der Waals surface area contributed by atoms with E-state index in [0.29, 0.717) is 0 Å². The van der Waals surface area contributed by atoms with Gasteiger partial charge < -0.3 is 20.1 Å². The van der Waals surface area contributed by atoms with Gasteiger partial charge in [0.1, 0.15) is 5.75 Å². The van der Waals surface area contributed by atoms with Crippen LogP contribution in [0.4, 0.5) is 18.9 Å². The van der Waals surface area contributed by atoms with Crippen LogP contribution in [0.15, 0.2) is 54.6 Å². The Morgan fingerprint density at radius 1 is 0.931 bits per heavy atom. The average Bonchev–Trinajstić information content (AvgIpc) is 2.68. The minimum Gasteiger partial charge on any atom is -0.493 e. The number of hydrogen-bond donors (Lipinski definition) is 2. The van der Waals surface area contributed by atoms with Gasteiger partial charge in [-0.3, -0.25) is 4.79 Å². The third-order valence-corrected chi connectivity index (χ3v) is 3.85. The molecule has 1 amide bonds. The van der Waals surface area contributed by atoms with Gasteiger partial charge in [0, 0.05) is 5.69 Å². The van der Waals surface area contributed by atoms with Crippen molar-refractivity contribution in [1.29, 1.82) is 0 Å². The quantitative estimate of drug-likeness (QED) is 0.512. The zero-order valence-corrected chi connectivity index (χ0v) is 15.9. The molecule has 2 aromatic carbocycles. The summed E-state index contributed by atoms with van der Waals surface area (Å²) >= 11 is 0. The lowest BCUT2D eigenvalue weighted by Crippen LogP contribution is -2.69. The summed E-state index contributed by atoms with van der Waals surface area (Å²) in [6.45, 7) is 2.94. The Balaban J connectivity index is 2.51. The Morgan fingerprint density at radius 3 is 2.14 bits per heavy atom. The fourth-order valence-electron chi connectivity index (χ4n) is 2.54. The number of anilines is 1. The fraction of sp³-hybridized carbons (Fsp3) is 0.300. The van der Waals surface area contributed by atoms with Crippen LogP contribution in [-0.4, -0.2) is 36.9 Å². The largest absolute Gasteiger partial charge is 0.493 e. The molecule has 0 unspecified atom stereocenters. The molecular formula is C20H21F3N2O4. The highest BCUT2D eigenvalue weighted by Gasteiger charge is 2.63. The molecule has 2 N–H and O–H groups in total. The Labute approximate surface area is 166 Å². The highest BCUT2D eigenvalue weighted by Crippen LogP contribution is 2.34. The maximum atomic E-state index is 14.2. The molecule has 156 valence electrons. The van der Waals surface area contributed by atoms with Crippen molar-refractivity contribution in [1.82, 2.24) is 5.32 Å². The molecule has 0 saturated heterocycles. The van der Waals surface area contributed by atoms with E-state index in [-0.39, 0.29) is 30.2 Å². The molecule has 0 radical (unpaired) electrons. The molecular weight excluding hydrogens is 389 g/mol. The minimum atomic E-state index is -5.22. The van der Waals surface area contributed by atoms with Crippen LogP contribution in [0.5, 0.6) is 5.75 Å². The molecule has 0 aliphatic heterocycles. The van der Waals surface area contributed by atoms with Gasteiger partial charge in [-0.1, -0.05) is 30.3 Å². The van der Waals surface area contributed by atoms with Crippen molar-refractivity contribution < 1.29 is 32.2 Å². The first kappa shape index (κ1) is 22.1. The van der Waals surface area contributed by atoms with Gasteiger partial charge in [0.05, 0.1) is 18.8 Å². The van der Waals surface area contributed by atoms with Crippen molar-refractivity contribution in [3.05, 3.63) is 60.2 Å². The lowest BCUT2D eigenvalue weighted by Gasteiger charge is -2.35. The summed E-state index contributed by atoms with van der Waals surface area (Å²) in [6.07, 6.45) is -5.22. The van der Waals surface area contributed by atoms with Crippen molar-refractivity contribution >= 4 is 17.6 Å². The van der Waals surface area contributed by atoms with Crippen LogP contribution in [0.1, 0.15) is 24.2 Å². The highest BCUT2D eigenvalue weighted by atomic mass is 19.4. The Hall–Kier alpha value is -3.23.